The summed E-state index contributed by atoms with van der Waals surface area (Å²) in [5, 5.41) is 5.96. The van der Waals surface area contributed by atoms with Crippen LogP contribution in [0.4, 0.5) is 24.5 Å². The molecule has 2 aromatic rings. The van der Waals surface area contributed by atoms with Crippen molar-refractivity contribution in [2.45, 2.75) is 13.3 Å². The second-order valence-electron chi connectivity index (χ2n) is 4.79. The maximum Gasteiger partial charge on any atom is 0.573 e. The molecular formula is C16H13F3N2O2S. The molecule has 0 fully saturated rings. The highest BCUT2D eigenvalue weighted by Gasteiger charge is 2.30. The Kier molecular flexibility index (Phi) is 5.40. The van der Waals surface area contributed by atoms with E-state index in [1.54, 1.807) is 24.3 Å². The highest BCUT2D eigenvalue weighted by atomic mass is 32.1. The number of benzene rings is 2. The van der Waals surface area contributed by atoms with Gasteiger partial charge in [0.15, 0.2) is 10.9 Å². The lowest BCUT2D eigenvalue weighted by molar-refractivity contribution is -0.274. The van der Waals surface area contributed by atoms with Gasteiger partial charge in [-0.1, -0.05) is 12.1 Å². The van der Waals surface area contributed by atoms with Gasteiger partial charge in [-0.15, -0.1) is 13.2 Å². The Hall–Kier alpha value is -2.61. The number of hydrogen-bond acceptors (Lipinski definition) is 3. The first-order chi connectivity index (χ1) is 11.2. The number of carbonyl (C=O) groups excluding carboxylic acids is 1. The van der Waals surface area contributed by atoms with Crippen LogP contribution in [-0.4, -0.2) is 17.3 Å². The van der Waals surface area contributed by atoms with Crippen LogP contribution in [0, 0.1) is 0 Å². The molecule has 0 amide bonds. The Morgan fingerprint density at radius 2 is 1.67 bits per heavy atom. The number of Topliss-reactive ketones (excluding diaryl/α,β-unsaturated/α-hetero) is 1. The van der Waals surface area contributed by atoms with Crippen molar-refractivity contribution in [2.24, 2.45) is 0 Å². The Labute approximate surface area is 141 Å². The van der Waals surface area contributed by atoms with Gasteiger partial charge in [0.2, 0.25) is 0 Å². The fraction of sp³-hybridized carbons (Fsp3) is 0.125. The molecule has 0 heterocycles. The molecule has 0 saturated carbocycles. The van der Waals surface area contributed by atoms with Crippen LogP contribution < -0.4 is 15.4 Å². The summed E-state index contributed by atoms with van der Waals surface area (Å²) in [7, 11) is 0. The first-order valence-corrected chi connectivity index (χ1v) is 7.18. The van der Waals surface area contributed by atoms with Crippen LogP contribution in [0.2, 0.25) is 0 Å². The zero-order valence-electron chi connectivity index (χ0n) is 12.5. The van der Waals surface area contributed by atoms with E-state index in [0.717, 1.165) is 0 Å². The highest BCUT2D eigenvalue weighted by molar-refractivity contribution is 7.80. The Bertz CT molecular complexity index is 746. The van der Waals surface area contributed by atoms with Gasteiger partial charge in [0.05, 0.1) is 0 Å². The van der Waals surface area contributed by atoms with E-state index in [4.69, 9.17) is 12.2 Å². The lowest BCUT2D eigenvalue weighted by atomic mass is 10.1. The molecule has 24 heavy (non-hydrogen) atoms. The molecule has 0 spiro atoms. The van der Waals surface area contributed by atoms with E-state index in [9.17, 15) is 18.0 Å². The van der Waals surface area contributed by atoms with Crippen LogP contribution in [0.3, 0.4) is 0 Å². The Morgan fingerprint density at radius 1 is 1.04 bits per heavy atom. The molecule has 0 saturated heterocycles. The average Bonchev–Trinajstić information content (AvgIpc) is 2.48. The first kappa shape index (κ1) is 17.7. The lowest BCUT2D eigenvalue weighted by Crippen LogP contribution is -2.19. The predicted molar refractivity (Wildman–Crippen MR) is 89.4 cm³/mol. The molecule has 0 aromatic heterocycles. The van der Waals surface area contributed by atoms with Gasteiger partial charge in [-0.2, -0.15) is 0 Å². The number of ketones is 1. The molecule has 2 rings (SSSR count). The van der Waals surface area contributed by atoms with Crippen molar-refractivity contribution in [3.63, 3.8) is 0 Å². The molecule has 2 aromatic carbocycles. The minimum Gasteiger partial charge on any atom is -0.406 e. The highest BCUT2D eigenvalue weighted by Crippen LogP contribution is 2.24. The zero-order valence-corrected chi connectivity index (χ0v) is 13.3. The summed E-state index contributed by atoms with van der Waals surface area (Å²) >= 11 is 5.13. The maximum atomic E-state index is 12.1. The van der Waals surface area contributed by atoms with Gasteiger partial charge in [-0.3, -0.25) is 4.79 Å². The van der Waals surface area contributed by atoms with E-state index >= 15 is 0 Å². The van der Waals surface area contributed by atoms with Gasteiger partial charge < -0.3 is 15.4 Å². The molecule has 0 bridgehead atoms. The van der Waals surface area contributed by atoms with Crippen molar-refractivity contribution in [1.82, 2.24) is 0 Å². The number of ether oxygens (including phenoxy) is 1. The fourth-order valence-electron chi connectivity index (χ4n) is 1.85. The van der Waals surface area contributed by atoms with Crippen LogP contribution in [0.5, 0.6) is 5.75 Å². The van der Waals surface area contributed by atoms with E-state index in [-0.39, 0.29) is 16.6 Å². The van der Waals surface area contributed by atoms with Crippen molar-refractivity contribution in [3.8, 4) is 5.75 Å². The number of alkyl halides is 3. The summed E-state index contributed by atoms with van der Waals surface area (Å²) in [6, 6.07) is 11.9. The van der Waals surface area contributed by atoms with Crippen molar-refractivity contribution >= 4 is 34.5 Å². The van der Waals surface area contributed by atoms with Gasteiger partial charge in [0.1, 0.15) is 5.75 Å². The molecule has 0 unspecified atom stereocenters. The van der Waals surface area contributed by atoms with E-state index in [1.807, 2.05) is 0 Å². The molecule has 0 aliphatic heterocycles. The number of halogens is 3. The largest absolute Gasteiger partial charge is 0.573 e. The van der Waals surface area contributed by atoms with Crippen molar-refractivity contribution in [2.75, 3.05) is 10.6 Å². The van der Waals surface area contributed by atoms with Crippen LogP contribution in [0.15, 0.2) is 48.5 Å². The van der Waals surface area contributed by atoms with Gasteiger partial charge >= 0.3 is 6.36 Å². The van der Waals surface area contributed by atoms with E-state index in [2.05, 4.69) is 15.4 Å². The normalized spacial score (nSPS) is 10.8. The van der Waals surface area contributed by atoms with Gasteiger partial charge in [-0.25, -0.2) is 0 Å². The summed E-state index contributed by atoms with van der Waals surface area (Å²) in [5.74, 6) is -0.390. The number of carbonyl (C=O) groups is 1. The average molecular weight is 354 g/mol. The van der Waals surface area contributed by atoms with Crippen molar-refractivity contribution < 1.29 is 22.7 Å². The quantitative estimate of drug-likeness (QED) is 0.621. The first-order valence-electron chi connectivity index (χ1n) is 6.78. The SMILES string of the molecule is CC(=O)c1cccc(NC(=S)Nc2ccc(OC(F)(F)F)cc2)c1. The maximum absolute atomic E-state index is 12.1. The summed E-state index contributed by atoms with van der Waals surface area (Å²) < 4.78 is 40.1. The van der Waals surface area contributed by atoms with E-state index < -0.39 is 6.36 Å². The molecule has 126 valence electrons. The third kappa shape index (κ3) is 5.54. The summed E-state index contributed by atoms with van der Waals surface area (Å²) in [4.78, 5) is 11.3. The predicted octanol–water partition coefficient (Wildman–Crippen LogP) is 4.60. The van der Waals surface area contributed by atoms with Crippen molar-refractivity contribution in [1.29, 1.82) is 0 Å². The number of thiocarbonyl (C=S) groups is 1. The molecule has 0 aliphatic rings. The second kappa shape index (κ2) is 7.31. The van der Waals surface area contributed by atoms with Gasteiger partial charge in [0, 0.05) is 16.9 Å². The summed E-state index contributed by atoms with van der Waals surface area (Å²) in [6.45, 7) is 1.46. The lowest BCUT2D eigenvalue weighted by Gasteiger charge is -2.12. The zero-order chi connectivity index (χ0) is 17.7. The number of rotatable bonds is 4. The molecule has 4 nitrogen and oxygen atoms in total. The summed E-state index contributed by atoms with van der Waals surface area (Å²) in [6.07, 6.45) is -4.73. The fourth-order valence-corrected chi connectivity index (χ4v) is 2.09. The van der Waals surface area contributed by atoms with Crippen molar-refractivity contribution in [3.05, 3.63) is 54.1 Å². The summed E-state index contributed by atoms with van der Waals surface area (Å²) in [5.41, 5.74) is 1.65. The monoisotopic (exact) mass is 354 g/mol. The smallest absolute Gasteiger partial charge is 0.406 e. The molecule has 8 heteroatoms. The number of anilines is 2. The van der Waals surface area contributed by atoms with E-state index in [0.29, 0.717) is 16.9 Å². The standard InChI is InChI=1S/C16H13F3N2O2S/c1-10(22)11-3-2-4-13(9-11)21-15(24)20-12-5-7-14(8-6-12)23-16(17,18)19/h2-9H,1H3,(H2,20,21,24). The topological polar surface area (TPSA) is 50.4 Å². The third-order valence-corrected chi connectivity index (χ3v) is 3.08. The van der Waals surface area contributed by atoms with Crippen LogP contribution in [0.25, 0.3) is 0 Å². The minimum absolute atomic E-state index is 0.0715. The minimum atomic E-state index is -4.73. The van der Waals surface area contributed by atoms with Crippen LogP contribution in [0.1, 0.15) is 17.3 Å². The Balaban J connectivity index is 1.97. The number of nitrogens with one attached hydrogen (secondary N) is 2. The van der Waals surface area contributed by atoms with Crippen LogP contribution >= 0.6 is 12.2 Å². The van der Waals surface area contributed by atoms with E-state index in [1.165, 1.54) is 31.2 Å². The van der Waals surface area contributed by atoms with Gasteiger partial charge in [0.25, 0.3) is 0 Å². The molecule has 0 atom stereocenters. The number of hydrogen-bond donors (Lipinski definition) is 2. The third-order valence-electron chi connectivity index (χ3n) is 2.87. The second-order valence-corrected chi connectivity index (χ2v) is 5.20. The molecule has 0 radical (unpaired) electrons. The van der Waals surface area contributed by atoms with Gasteiger partial charge in [-0.05, 0) is 55.5 Å². The van der Waals surface area contributed by atoms with Crippen LogP contribution in [-0.2, 0) is 0 Å². The molecular weight excluding hydrogens is 341 g/mol. The Morgan fingerprint density at radius 3 is 2.25 bits per heavy atom. The molecule has 2 N–H and O–H groups in total. The molecule has 0 aliphatic carbocycles.